The second kappa shape index (κ2) is 6.84. The van der Waals surface area contributed by atoms with Gasteiger partial charge < -0.3 is 4.74 Å². The van der Waals surface area contributed by atoms with E-state index in [0.29, 0.717) is 0 Å². The Labute approximate surface area is 66.9 Å². The van der Waals surface area contributed by atoms with Crippen molar-refractivity contribution in [2.45, 2.75) is 20.3 Å². The van der Waals surface area contributed by atoms with Crippen molar-refractivity contribution < 1.29 is 9.53 Å². The zero-order chi connectivity index (χ0) is 8.53. The standard InChI is InChI=1S/C9H12O2/c1-3-4-5-6-7-8-11-9(2)10/h4-6,8H,3H2,1-2H3. The molecule has 0 aromatic heterocycles. The van der Waals surface area contributed by atoms with Crippen molar-refractivity contribution in [3.8, 4) is 0 Å². The van der Waals surface area contributed by atoms with E-state index >= 15 is 0 Å². The quantitative estimate of drug-likeness (QED) is 0.268. The average Bonchev–Trinajstić information content (AvgIpc) is 1.96. The van der Waals surface area contributed by atoms with Crippen LogP contribution in [0.5, 0.6) is 0 Å². The molecule has 2 heteroatoms. The van der Waals surface area contributed by atoms with Gasteiger partial charge in [-0.15, -0.1) is 0 Å². The summed E-state index contributed by atoms with van der Waals surface area (Å²) >= 11 is 0. The molecule has 60 valence electrons. The van der Waals surface area contributed by atoms with Gasteiger partial charge in [-0.25, -0.2) is 0 Å². The van der Waals surface area contributed by atoms with Gasteiger partial charge in [0.1, 0.15) is 6.26 Å². The van der Waals surface area contributed by atoms with Crippen molar-refractivity contribution in [1.82, 2.24) is 0 Å². The molecule has 0 unspecified atom stereocenters. The summed E-state index contributed by atoms with van der Waals surface area (Å²) in [6, 6.07) is 0. The normalized spacial score (nSPS) is 8.91. The van der Waals surface area contributed by atoms with E-state index in [1.165, 1.54) is 13.2 Å². The number of ether oxygens (including phenoxy) is 1. The molecule has 0 heterocycles. The third-order valence-electron chi connectivity index (χ3n) is 0.857. The number of allylic oxidation sites excluding steroid dienone is 3. The lowest BCUT2D eigenvalue weighted by Gasteiger charge is -1.83. The summed E-state index contributed by atoms with van der Waals surface area (Å²) in [7, 11) is 0. The van der Waals surface area contributed by atoms with Crippen molar-refractivity contribution in [3.05, 3.63) is 30.2 Å². The largest absolute Gasteiger partial charge is 0.426 e. The van der Waals surface area contributed by atoms with Crippen molar-refractivity contribution in [2.24, 2.45) is 0 Å². The molecular weight excluding hydrogens is 140 g/mol. The number of rotatable bonds is 3. The van der Waals surface area contributed by atoms with Crippen LogP contribution in [0, 0.1) is 0 Å². The van der Waals surface area contributed by atoms with E-state index in [4.69, 9.17) is 0 Å². The summed E-state index contributed by atoms with van der Waals surface area (Å²) in [5.41, 5.74) is 2.67. The molecule has 2 nitrogen and oxygen atoms in total. The van der Waals surface area contributed by atoms with Crippen LogP contribution in [0.2, 0.25) is 0 Å². The molecule has 0 bridgehead atoms. The lowest BCUT2D eigenvalue weighted by atomic mass is 10.4. The maximum absolute atomic E-state index is 10.2. The molecule has 0 fully saturated rings. The first-order valence-electron chi connectivity index (χ1n) is 3.50. The summed E-state index contributed by atoms with van der Waals surface area (Å²) in [5.74, 6) is -0.328. The topological polar surface area (TPSA) is 26.3 Å². The molecular formula is C9H12O2. The molecule has 0 saturated carbocycles. The minimum Gasteiger partial charge on any atom is -0.426 e. The lowest BCUT2D eigenvalue weighted by Crippen LogP contribution is -1.88. The van der Waals surface area contributed by atoms with Gasteiger partial charge >= 0.3 is 5.97 Å². The lowest BCUT2D eigenvalue weighted by molar-refractivity contribution is -0.135. The van der Waals surface area contributed by atoms with E-state index in [9.17, 15) is 4.79 Å². The third-order valence-corrected chi connectivity index (χ3v) is 0.857. The zero-order valence-electron chi connectivity index (χ0n) is 6.83. The van der Waals surface area contributed by atoms with Crippen molar-refractivity contribution in [3.63, 3.8) is 0 Å². The highest BCUT2D eigenvalue weighted by molar-refractivity contribution is 5.66. The number of hydrogen-bond acceptors (Lipinski definition) is 2. The van der Waals surface area contributed by atoms with Crippen LogP contribution in [-0.4, -0.2) is 5.97 Å². The highest BCUT2D eigenvalue weighted by Gasteiger charge is 1.80. The fourth-order valence-corrected chi connectivity index (χ4v) is 0.416. The molecule has 0 aromatic rings. The first kappa shape index (κ1) is 9.73. The highest BCUT2D eigenvalue weighted by Crippen LogP contribution is 1.80. The molecule has 11 heavy (non-hydrogen) atoms. The molecule has 0 aliphatic heterocycles. The maximum atomic E-state index is 10.2. The van der Waals surface area contributed by atoms with E-state index in [1.807, 2.05) is 19.1 Å². The molecule has 0 radical (unpaired) electrons. The van der Waals surface area contributed by atoms with Gasteiger partial charge in [0.05, 0.1) is 0 Å². The molecule has 0 saturated heterocycles. The predicted octanol–water partition coefficient (Wildman–Crippen LogP) is 2.18. The van der Waals surface area contributed by atoms with Crippen LogP contribution in [0.3, 0.4) is 0 Å². The number of hydrogen-bond donors (Lipinski definition) is 0. The second-order valence-electron chi connectivity index (χ2n) is 1.90. The fraction of sp³-hybridized carbons (Fsp3) is 0.333. The van der Waals surface area contributed by atoms with E-state index < -0.39 is 0 Å². The third kappa shape index (κ3) is 8.73. The van der Waals surface area contributed by atoms with Crippen LogP contribution < -0.4 is 0 Å². The summed E-state index contributed by atoms with van der Waals surface area (Å²) < 4.78 is 4.48. The van der Waals surface area contributed by atoms with Gasteiger partial charge in [-0.3, -0.25) is 4.79 Å². The van der Waals surface area contributed by atoms with Gasteiger partial charge in [-0.05, 0) is 12.5 Å². The maximum Gasteiger partial charge on any atom is 0.308 e. The smallest absolute Gasteiger partial charge is 0.308 e. The van der Waals surface area contributed by atoms with Gasteiger partial charge in [0.2, 0.25) is 0 Å². The first-order chi connectivity index (χ1) is 5.27. The molecule has 0 N–H and O–H groups in total. The Kier molecular flexibility index (Phi) is 6.05. The molecule has 0 atom stereocenters. The molecule has 0 aliphatic carbocycles. The molecule has 0 spiro atoms. The summed E-state index contributed by atoms with van der Waals surface area (Å²) in [6.07, 6.45) is 7.75. The summed E-state index contributed by atoms with van der Waals surface area (Å²) in [5, 5.41) is 0. The minimum atomic E-state index is -0.328. The Morgan fingerprint density at radius 2 is 2.36 bits per heavy atom. The van der Waals surface area contributed by atoms with Crippen LogP contribution in [0.1, 0.15) is 20.3 Å². The van der Waals surface area contributed by atoms with Crippen LogP contribution in [0.25, 0.3) is 0 Å². The Morgan fingerprint density at radius 1 is 1.64 bits per heavy atom. The molecule has 0 aliphatic rings. The van der Waals surface area contributed by atoms with Gasteiger partial charge in [-0.2, -0.15) is 0 Å². The number of carbonyl (C=O) groups excluding carboxylic acids is 1. The van der Waals surface area contributed by atoms with Gasteiger partial charge in [0.25, 0.3) is 0 Å². The Morgan fingerprint density at radius 3 is 2.91 bits per heavy atom. The van der Waals surface area contributed by atoms with Gasteiger partial charge in [0, 0.05) is 6.92 Å². The number of carbonyl (C=O) groups is 1. The zero-order valence-corrected chi connectivity index (χ0v) is 6.83. The first-order valence-corrected chi connectivity index (χ1v) is 3.50. The fourth-order valence-electron chi connectivity index (χ4n) is 0.416. The van der Waals surface area contributed by atoms with Crippen LogP contribution in [-0.2, 0) is 9.53 Å². The molecule has 0 aromatic carbocycles. The van der Waals surface area contributed by atoms with Gasteiger partial charge in [0.15, 0.2) is 0 Å². The predicted molar refractivity (Wildman–Crippen MR) is 43.9 cm³/mol. The second-order valence-corrected chi connectivity index (χ2v) is 1.90. The van der Waals surface area contributed by atoms with E-state index in [1.54, 1.807) is 6.08 Å². The van der Waals surface area contributed by atoms with E-state index in [0.717, 1.165) is 6.42 Å². The Hall–Kier alpha value is -1.27. The van der Waals surface area contributed by atoms with Crippen LogP contribution >= 0.6 is 0 Å². The molecule has 0 rings (SSSR count). The Balaban J connectivity index is 3.64. The van der Waals surface area contributed by atoms with E-state index in [-0.39, 0.29) is 5.97 Å². The van der Waals surface area contributed by atoms with Crippen LogP contribution in [0.15, 0.2) is 30.2 Å². The van der Waals surface area contributed by atoms with Crippen molar-refractivity contribution in [2.75, 3.05) is 0 Å². The summed E-state index contributed by atoms with van der Waals surface area (Å²) in [6.45, 7) is 3.39. The monoisotopic (exact) mass is 152 g/mol. The van der Waals surface area contributed by atoms with E-state index in [2.05, 4.69) is 10.5 Å². The van der Waals surface area contributed by atoms with Gasteiger partial charge in [-0.1, -0.05) is 24.8 Å². The van der Waals surface area contributed by atoms with Crippen molar-refractivity contribution in [1.29, 1.82) is 0 Å². The Bertz CT molecular complexity index is 196. The SMILES string of the molecule is CCC=CC=C=COC(C)=O. The summed E-state index contributed by atoms with van der Waals surface area (Å²) in [4.78, 5) is 10.2. The number of esters is 1. The molecule has 0 amide bonds. The highest BCUT2D eigenvalue weighted by atomic mass is 16.5. The average molecular weight is 152 g/mol. The minimum absolute atomic E-state index is 0.328. The van der Waals surface area contributed by atoms with Crippen LogP contribution in [0.4, 0.5) is 0 Å². The van der Waals surface area contributed by atoms with Crippen molar-refractivity contribution >= 4 is 5.97 Å².